The van der Waals surface area contributed by atoms with Gasteiger partial charge in [0.2, 0.25) is 0 Å². The van der Waals surface area contributed by atoms with Crippen LogP contribution in [0.4, 0.5) is 0 Å². The van der Waals surface area contributed by atoms with Crippen LogP contribution in [0.1, 0.15) is 23.9 Å². The summed E-state index contributed by atoms with van der Waals surface area (Å²) in [5.41, 5.74) is 1.86. The maximum Gasteiger partial charge on any atom is 0.339 e. The molecular weight excluding hydrogens is 272 g/mol. The Morgan fingerprint density at radius 1 is 1.38 bits per heavy atom. The van der Waals surface area contributed by atoms with E-state index in [4.69, 9.17) is 9.15 Å². The molecule has 0 aliphatic rings. The summed E-state index contributed by atoms with van der Waals surface area (Å²) < 4.78 is 10.9. The molecule has 1 aromatic carbocycles. The number of ether oxygens (including phenoxy) is 1. The van der Waals surface area contributed by atoms with Gasteiger partial charge in [0.05, 0.1) is 0 Å². The highest BCUT2D eigenvalue weighted by Crippen LogP contribution is 2.24. The summed E-state index contributed by atoms with van der Waals surface area (Å²) in [5, 5.41) is 15.0. The molecule has 7 nitrogen and oxygen atoms in total. The molecule has 0 amide bonds. The topological polar surface area (TPSA) is 92.2 Å². The molecule has 0 N–H and O–H groups in total. The minimum Gasteiger partial charge on any atom is -0.488 e. The number of rotatable bonds is 4. The van der Waals surface area contributed by atoms with E-state index in [-0.39, 0.29) is 12.2 Å². The Kier molecular flexibility index (Phi) is 3.39. The van der Waals surface area contributed by atoms with Crippen molar-refractivity contribution in [3.8, 4) is 5.75 Å². The van der Waals surface area contributed by atoms with Crippen LogP contribution in [-0.4, -0.2) is 15.5 Å². The standard InChI is InChI=1S/C14H13N4O3/c1-3-10-8(2)11-5-4-9(6-12(11)21-14(10)19)20-7-13-15-17-18-16-13/h4-6H,3,7H2,1-2H3/q-1. The zero-order valence-corrected chi connectivity index (χ0v) is 11.7. The van der Waals surface area contributed by atoms with Crippen LogP contribution in [0.25, 0.3) is 11.0 Å². The molecule has 0 saturated carbocycles. The molecule has 2 heterocycles. The minimum absolute atomic E-state index is 0.161. The molecule has 0 unspecified atom stereocenters. The van der Waals surface area contributed by atoms with Gasteiger partial charge in [-0.15, -0.1) is 0 Å². The zero-order chi connectivity index (χ0) is 14.8. The van der Waals surface area contributed by atoms with Crippen LogP contribution in [0.2, 0.25) is 0 Å². The van der Waals surface area contributed by atoms with E-state index < -0.39 is 0 Å². The molecule has 7 heteroatoms. The van der Waals surface area contributed by atoms with Crippen LogP contribution < -0.4 is 15.5 Å². The molecule has 0 bridgehead atoms. The third-order valence-electron chi connectivity index (χ3n) is 3.34. The van der Waals surface area contributed by atoms with Gasteiger partial charge in [0, 0.05) is 22.8 Å². The fraction of sp³-hybridized carbons (Fsp3) is 0.286. The summed E-state index contributed by atoms with van der Waals surface area (Å²) in [6, 6.07) is 5.38. The second-order valence-corrected chi connectivity index (χ2v) is 4.59. The van der Waals surface area contributed by atoms with Crippen molar-refractivity contribution in [2.45, 2.75) is 26.9 Å². The molecule has 0 fully saturated rings. The molecule has 0 radical (unpaired) electrons. The SMILES string of the molecule is CCc1c(C)c2ccc(OCc3nnn[n-]3)cc2oc1=O. The summed E-state index contributed by atoms with van der Waals surface area (Å²) in [6.07, 6.45) is 0.649. The van der Waals surface area contributed by atoms with E-state index >= 15 is 0 Å². The lowest BCUT2D eigenvalue weighted by molar-refractivity contribution is 0.295. The molecule has 0 aliphatic carbocycles. The van der Waals surface area contributed by atoms with E-state index in [1.807, 2.05) is 26.0 Å². The van der Waals surface area contributed by atoms with Crippen LogP contribution in [0.15, 0.2) is 27.4 Å². The van der Waals surface area contributed by atoms with Gasteiger partial charge in [-0.25, -0.2) is 4.79 Å². The van der Waals surface area contributed by atoms with E-state index in [9.17, 15) is 4.79 Å². The summed E-state index contributed by atoms with van der Waals surface area (Å²) >= 11 is 0. The molecular formula is C14H13N4O3-. The van der Waals surface area contributed by atoms with E-state index in [0.29, 0.717) is 29.1 Å². The van der Waals surface area contributed by atoms with Crippen molar-refractivity contribution in [2.24, 2.45) is 0 Å². The molecule has 0 atom stereocenters. The van der Waals surface area contributed by atoms with Gasteiger partial charge in [-0.05, 0) is 31.0 Å². The lowest BCUT2D eigenvalue weighted by atomic mass is 10.0. The van der Waals surface area contributed by atoms with Crippen molar-refractivity contribution >= 4 is 11.0 Å². The van der Waals surface area contributed by atoms with Gasteiger partial charge in [-0.1, -0.05) is 6.92 Å². The van der Waals surface area contributed by atoms with Gasteiger partial charge in [-0.2, -0.15) is 5.21 Å². The second-order valence-electron chi connectivity index (χ2n) is 4.59. The molecule has 21 heavy (non-hydrogen) atoms. The van der Waals surface area contributed by atoms with Crippen molar-refractivity contribution in [1.29, 1.82) is 0 Å². The highest BCUT2D eigenvalue weighted by Gasteiger charge is 2.10. The number of hydrogen-bond acceptors (Lipinski definition) is 6. The van der Waals surface area contributed by atoms with E-state index in [1.165, 1.54) is 0 Å². The van der Waals surface area contributed by atoms with Crippen LogP contribution in [0.5, 0.6) is 5.75 Å². The van der Waals surface area contributed by atoms with E-state index in [0.717, 1.165) is 10.9 Å². The lowest BCUT2D eigenvalue weighted by Gasteiger charge is -2.09. The first-order valence-corrected chi connectivity index (χ1v) is 6.55. The number of tetrazole rings is 1. The summed E-state index contributed by atoms with van der Waals surface area (Å²) in [7, 11) is 0. The Morgan fingerprint density at radius 2 is 2.24 bits per heavy atom. The van der Waals surface area contributed by atoms with Crippen molar-refractivity contribution < 1.29 is 9.15 Å². The maximum absolute atomic E-state index is 11.9. The van der Waals surface area contributed by atoms with Crippen molar-refractivity contribution in [1.82, 2.24) is 20.6 Å². The Bertz CT molecular complexity index is 824. The minimum atomic E-state index is -0.299. The quantitative estimate of drug-likeness (QED) is 0.668. The Hall–Kier alpha value is -2.70. The molecule has 0 saturated heterocycles. The zero-order valence-electron chi connectivity index (χ0n) is 11.7. The predicted molar refractivity (Wildman–Crippen MR) is 74.1 cm³/mol. The molecule has 0 spiro atoms. The van der Waals surface area contributed by atoms with E-state index in [2.05, 4.69) is 20.6 Å². The third kappa shape index (κ3) is 2.49. The highest BCUT2D eigenvalue weighted by molar-refractivity contribution is 5.82. The first-order chi connectivity index (χ1) is 10.2. The smallest absolute Gasteiger partial charge is 0.339 e. The number of hydrogen-bond donors (Lipinski definition) is 0. The Balaban J connectivity index is 1.95. The normalized spacial score (nSPS) is 11.0. The average Bonchev–Trinajstić information content (AvgIpc) is 2.98. The number of nitrogens with zero attached hydrogens (tertiary/aromatic N) is 4. The Morgan fingerprint density at radius 3 is 2.95 bits per heavy atom. The molecule has 0 aliphatic heterocycles. The molecule has 2 aromatic heterocycles. The average molecular weight is 285 g/mol. The largest absolute Gasteiger partial charge is 0.488 e. The number of benzene rings is 1. The van der Waals surface area contributed by atoms with Gasteiger partial charge in [0.15, 0.2) is 0 Å². The maximum atomic E-state index is 11.9. The third-order valence-corrected chi connectivity index (χ3v) is 3.34. The second kappa shape index (κ2) is 5.35. The molecule has 108 valence electrons. The summed E-state index contributed by atoms with van der Waals surface area (Å²) in [6.45, 7) is 4.02. The first-order valence-electron chi connectivity index (χ1n) is 6.55. The van der Waals surface area contributed by atoms with Crippen LogP contribution in [0.3, 0.4) is 0 Å². The lowest BCUT2D eigenvalue weighted by Crippen LogP contribution is -2.09. The summed E-state index contributed by atoms with van der Waals surface area (Å²) in [4.78, 5) is 11.9. The van der Waals surface area contributed by atoms with Gasteiger partial charge in [0.25, 0.3) is 0 Å². The summed E-state index contributed by atoms with van der Waals surface area (Å²) in [5.74, 6) is 0.966. The van der Waals surface area contributed by atoms with E-state index in [1.54, 1.807) is 6.07 Å². The van der Waals surface area contributed by atoms with Gasteiger partial charge < -0.3 is 14.3 Å². The fourth-order valence-electron chi connectivity index (χ4n) is 2.24. The number of fused-ring (bicyclic) bond motifs is 1. The van der Waals surface area contributed by atoms with Crippen LogP contribution >= 0.6 is 0 Å². The number of aryl methyl sites for hydroxylation is 1. The fourth-order valence-corrected chi connectivity index (χ4v) is 2.24. The van der Waals surface area contributed by atoms with Gasteiger partial charge >= 0.3 is 5.63 Å². The van der Waals surface area contributed by atoms with Crippen molar-refractivity contribution in [3.63, 3.8) is 0 Å². The predicted octanol–water partition coefficient (Wildman–Crippen LogP) is 1.39. The highest BCUT2D eigenvalue weighted by atomic mass is 16.5. The van der Waals surface area contributed by atoms with Gasteiger partial charge in [-0.3, -0.25) is 10.3 Å². The first kappa shape index (κ1) is 13.3. The Labute approximate surface area is 119 Å². The molecule has 3 rings (SSSR count). The number of aromatic nitrogens is 4. The monoisotopic (exact) mass is 285 g/mol. The van der Waals surface area contributed by atoms with Crippen molar-refractivity contribution in [2.75, 3.05) is 0 Å². The van der Waals surface area contributed by atoms with Gasteiger partial charge in [0.1, 0.15) is 17.9 Å². The van der Waals surface area contributed by atoms with Crippen LogP contribution in [0, 0.1) is 6.92 Å². The molecule has 3 aromatic rings. The van der Waals surface area contributed by atoms with Crippen LogP contribution in [-0.2, 0) is 13.0 Å². The van der Waals surface area contributed by atoms with Crippen molar-refractivity contribution in [3.05, 3.63) is 45.6 Å².